The Morgan fingerprint density at radius 3 is 2.37 bits per heavy atom. The summed E-state index contributed by atoms with van der Waals surface area (Å²) in [4.78, 5) is 1.54. The molecule has 1 saturated heterocycles. The SMILES string of the molecule is COc1cc2nncc(N3CC(CCN(C)S(N)(=O)=O)(C(F)(F)F)C3)c2cc1OC. The van der Waals surface area contributed by atoms with E-state index >= 15 is 0 Å². The van der Waals surface area contributed by atoms with Crippen molar-refractivity contribution in [2.75, 3.05) is 45.8 Å². The molecule has 0 radical (unpaired) electrons. The van der Waals surface area contributed by atoms with E-state index in [4.69, 9.17) is 14.6 Å². The Kier molecular flexibility index (Phi) is 5.73. The van der Waals surface area contributed by atoms with Gasteiger partial charge in [0.05, 0.1) is 31.6 Å². The minimum Gasteiger partial charge on any atom is -0.493 e. The molecule has 1 aliphatic heterocycles. The van der Waals surface area contributed by atoms with E-state index in [1.807, 2.05) is 0 Å². The molecule has 2 heterocycles. The van der Waals surface area contributed by atoms with Crippen molar-refractivity contribution in [2.24, 2.45) is 10.6 Å². The topological polar surface area (TPSA) is 111 Å². The number of hydrogen-bond donors (Lipinski definition) is 1. The number of nitrogens with two attached hydrogens (primary N) is 1. The number of fused-ring (bicyclic) bond motifs is 1. The maximum absolute atomic E-state index is 13.8. The van der Waals surface area contributed by atoms with Crippen molar-refractivity contribution in [1.82, 2.24) is 14.5 Å². The van der Waals surface area contributed by atoms with Gasteiger partial charge >= 0.3 is 6.18 Å². The number of aromatic nitrogens is 2. The van der Waals surface area contributed by atoms with Gasteiger partial charge in [-0.25, -0.2) is 5.14 Å². The summed E-state index contributed by atoms with van der Waals surface area (Å²) in [6.45, 7) is -1.03. The fourth-order valence-corrected chi connectivity index (χ4v) is 3.80. The lowest BCUT2D eigenvalue weighted by Gasteiger charge is -2.52. The highest BCUT2D eigenvalue weighted by Gasteiger charge is 2.61. The Balaban J connectivity index is 1.89. The van der Waals surface area contributed by atoms with Crippen molar-refractivity contribution in [3.8, 4) is 11.5 Å². The lowest BCUT2D eigenvalue weighted by Crippen LogP contribution is -2.64. The zero-order chi connectivity index (χ0) is 22.3. The largest absolute Gasteiger partial charge is 0.493 e. The predicted molar refractivity (Wildman–Crippen MR) is 104 cm³/mol. The van der Waals surface area contributed by atoms with Gasteiger partial charge < -0.3 is 14.4 Å². The maximum Gasteiger partial charge on any atom is 0.397 e. The van der Waals surface area contributed by atoms with Crippen molar-refractivity contribution in [2.45, 2.75) is 12.6 Å². The number of hydrogen-bond acceptors (Lipinski definition) is 7. The van der Waals surface area contributed by atoms with Crippen molar-refractivity contribution >= 4 is 26.8 Å². The molecule has 0 aliphatic carbocycles. The molecule has 0 atom stereocenters. The molecule has 9 nitrogen and oxygen atoms in total. The minimum absolute atomic E-state index is 0.341. The van der Waals surface area contributed by atoms with Gasteiger partial charge in [-0.1, -0.05) is 0 Å². The average Bonchev–Trinajstić information content (AvgIpc) is 2.63. The number of anilines is 1. The monoisotopic (exact) mass is 449 g/mol. The molecule has 0 unspecified atom stereocenters. The number of methoxy groups -OCH3 is 2. The first-order chi connectivity index (χ1) is 13.9. The van der Waals surface area contributed by atoms with E-state index in [0.29, 0.717) is 32.4 Å². The normalized spacial score (nSPS) is 16.6. The van der Waals surface area contributed by atoms with E-state index < -0.39 is 28.2 Å². The number of benzene rings is 1. The molecule has 166 valence electrons. The van der Waals surface area contributed by atoms with E-state index in [0.717, 1.165) is 7.05 Å². The van der Waals surface area contributed by atoms with E-state index in [2.05, 4.69) is 10.2 Å². The van der Waals surface area contributed by atoms with Gasteiger partial charge in [-0.3, -0.25) is 0 Å². The minimum atomic E-state index is -4.51. The van der Waals surface area contributed by atoms with Crippen LogP contribution in [0, 0.1) is 5.41 Å². The van der Waals surface area contributed by atoms with Crippen molar-refractivity contribution in [3.63, 3.8) is 0 Å². The van der Waals surface area contributed by atoms with E-state index in [1.54, 1.807) is 12.1 Å². The van der Waals surface area contributed by atoms with Crippen LogP contribution in [0.5, 0.6) is 11.5 Å². The second-order valence-corrected chi connectivity index (χ2v) is 8.86. The first-order valence-corrected chi connectivity index (χ1v) is 10.4. The van der Waals surface area contributed by atoms with Crippen LogP contribution in [0.2, 0.25) is 0 Å². The fraction of sp³-hybridized carbons (Fsp3) is 0.529. The molecular weight excluding hydrogens is 427 g/mol. The first kappa shape index (κ1) is 22.3. The Bertz CT molecular complexity index is 1040. The summed E-state index contributed by atoms with van der Waals surface area (Å²) in [5.74, 6) is 0.840. The van der Waals surface area contributed by atoms with Crippen molar-refractivity contribution in [1.29, 1.82) is 0 Å². The maximum atomic E-state index is 13.8. The Hall–Kier alpha value is -2.38. The van der Waals surface area contributed by atoms with E-state index in [1.165, 1.54) is 25.3 Å². The molecule has 0 amide bonds. The summed E-state index contributed by atoms with van der Waals surface area (Å²) in [5, 5.41) is 13.5. The van der Waals surface area contributed by atoms with E-state index in [9.17, 15) is 21.6 Å². The molecule has 3 rings (SSSR count). The van der Waals surface area contributed by atoms with Crippen LogP contribution in [-0.2, 0) is 10.2 Å². The number of halogens is 3. The average molecular weight is 449 g/mol. The summed E-state index contributed by atoms with van der Waals surface area (Å²) >= 11 is 0. The molecule has 1 aromatic heterocycles. The van der Waals surface area contributed by atoms with Crippen LogP contribution in [0.15, 0.2) is 18.3 Å². The number of nitrogens with zero attached hydrogens (tertiary/aromatic N) is 4. The lowest BCUT2D eigenvalue weighted by molar-refractivity contribution is -0.235. The van der Waals surface area contributed by atoms with Crippen molar-refractivity contribution < 1.29 is 31.1 Å². The molecule has 2 N–H and O–H groups in total. The second kappa shape index (κ2) is 7.71. The molecule has 0 bridgehead atoms. The van der Waals surface area contributed by atoms with Crippen LogP contribution >= 0.6 is 0 Å². The standard InChI is InChI=1S/C17H22F3N5O4S/c1-24(30(21,26)27)5-4-16(17(18,19)20)9-25(10-16)13-8-22-23-12-7-15(29-3)14(28-2)6-11(12)13/h6-8H,4-5,9-10H2,1-3H3,(H2,21,26,27). The smallest absolute Gasteiger partial charge is 0.397 e. The van der Waals surface area contributed by atoms with Gasteiger partial charge in [0.2, 0.25) is 0 Å². The highest BCUT2D eigenvalue weighted by atomic mass is 32.2. The number of ether oxygens (including phenoxy) is 2. The second-order valence-electron chi connectivity index (χ2n) is 7.20. The zero-order valence-corrected chi connectivity index (χ0v) is 17.4. The quantitative estimate of drug-likeness (QED) is 0.683. The Morgan fingerprint density at radius 1 is 1.23 bits per heavy atom. The number of alkyl halides is 3. The third kappa shape index (κ3) is 3.96. The van der Waals surface area contributed by atoms with Crippen LogP contribution < -0.4 is 19.5 Å². The molecule has 2 aromatic rings. The van der Waals surface area contributed by atoms with E-state index in [-0.39, 0.29) is 19.6 Å². The fourth-order valence-electron chi connectivity index (χ4n) is 3.46. The van der Waals surface area contributed by atoms with Crippen LogP contribution in [0.3, 0.4) is 0 Å². The molecule has 1 aromatic carbocycles. The van der Waals surface area contributed by atoms with Gasteiger partial charge in [0, 0.05) is 38.1 Å². The van der Waals surface area contributed by atoms with Gasteiger partial charge in [0.1, 0.15) is 5.41 Å². The Morgan fingerprint density at radius 2 is 1.83 bits per heavy atom. The highest BCUT2D eigenvalue weighted by molar-refractivity contribution is 7.86. The van der Waals surface area contributed by atoms with Crippen LogP contribution in [-0.4, -0.2) is 70.0 Å². The molecule has 0 spiro atoms. The first-order valence-electron chi connectivity index (χ1n) is 8.85. The Labute approximate surface area is 171 Å². The highest BCUT2D eigenvalue weighted by Crippen LogP contribution is 2.50. The van der Waals surface area contributed by atoms with Crippen LogP contribution in [0.25, 0.3) is 10.9 Å². The number of rotatable bonds is 7. The predicted octanol–water partition coefficient (Wildman–Crippen LogP) is 1.54. The van der Waals surface area contributed by atoms with Crippen LogP contribution in [0.4, 0.5) is 18.9 Å². The third-order valence-corrected chi connectivity index (χ3v) is 6.44. The van der Waals surface area contributed by atoms with Crippen molar-refractivity contribution in [3.05, 3.63) is 18.3 Å². The summed E-state index contributed by atoms with van der Waals surface area (Å²) in [7, 11) is 0.0148. The van der Waals surface area contributed by atoms with Gasteiger partial charge in [-0.2, -0.15) is 36.1 Å². The lowest BCUT2D eigenvalue weighted by atomic mass is 9.75. The molecule has 1 aliphatic rings. The van der Waals surface area contributed by atoms with Gasteiger partial charge in [-0.15, -0.1) is 0 Å². The summed E-state index contributed by atoms with van der Waals surface area (Å²) in [6.07, 6.45) is -3.53. The summed E-state index contributed by atoms with van der Waals surface area (Å²) in [6, 6.07) is 3.24. The molecular formula is C17H22F3N5O4S. The van der Waals surface area contributed by atoms with Gasteiger partial charge in [-0.05, 0) is 12.5 Å². The summed E-state index contributed by atoms with van der Waals surface area (Å²) < 4.78 is 75.4. The van der Waals surface area contributed by atoms with Gasteiger partial charge in [0.25, 0.3) is 10.2 Å². The van der Waals surface area contributed by atoms with Crippen LogP contribution in [0.1, 0.15) is 6.42 Å². The molecule has 1 fully saturated rings. The zero-order valence-electron chi connectivity index (χ0n) is 16.6. The molecule has 13 heteroatoms. The molecule has 0 saturated carbocycles. The van der Waals surface area contributed by atoms with Gasteiger partial charge in [0.15, 0.2) is 11.5 Å². The third-order valence-electron chi connectivity index (χ3n) is 5.39. The summed E-state index contributed by atoms with van der Waals surface area (Å²) in [5.41, 5.74) is -1.14. The molecule has 30 heavy (non-hydrogen) atoms.